The molecule has 12 N–H and O–H groups in total. The second kappa shape index (κ2) is 29.6. The van der Waals surface area contributed by atoms with Gasteiger partial charge in [0.05, 0.1) is 23.7 Å². The maximum atomic E-state index is 12.2. The number of cyclic esters (lactones) is 4. The summed E-state index contributed by atoms with van der Waals surface area (Å²) >= 11 is 0. The summed E-state index contributed by atoms with van der Waals surface area (Å²) in [4.78, 5) is 138. The summed E-state index contributed by atoms with van der Waals surface area (Å²) in [5.74, 6) is -30.5. The quantitative estimate of drug-likeness (QED) is 0.0306. The molecule has 0 aromatic carbocycles. The Morgan fingerprint density at radius 3 is 0.619 bits per heavy atom. The summed E-state index contributed by atoms with van der Waals surface area (Å²) in [5.41, 5.74) is 0. The Bertz CT molecular complexity index is 3050. The second-order valence-electron chi connectivity index (χ2n) is 24.3. The molecule has 12 aliphatic rings. The number of carboxylic acids is 4. The smallest absolute Gasteiger partial charge is 0.550 e. The Labute approximate surface area is 563 Å². The molecule has 0 spiro atoms. The first-order chi connectivity index (χ1) is 45.2. The number of aliphatic hydroxyl groups is 12. The topological polar surface area (TPSA) is 614 Å². The SMILES string of the molecule is O=C1O[C@H]([C@@H](O)COC(=O)C2C3C=CC(C3)C2C(=O)[O-])C(O)=C1O.O=C1O[C@H]([C@@H](O)COC(=O)C2C3C=CC(C3)C2C(=O)[O-])C(O)=C1O.O=C1O[C@H]([C@@H](O)COC(=O)C2C3C=CC(C3)C2C(=O)[O-])C(O)=C1O.O=C1O[C@H]([C@@H](O)COC(=O)C2C3C=CC(C3)C2C(=O)[O-])C(O)=C1O.[Zr+4]. The maximum absolute atomic E-state index is 12.2. The van der Waals surface area contributed by atoms with E-state index in [1.807, 2.05) is 0 Å². The van der Waals surface area contributed by atoms with Crippen LogP contribution >= 0.6 is 0 Å². The first kappa shape index (κ1) is 73.5. The van der Waals surface area contributed by atoms with Crippen molar-refractivity contribution >= 4 is 71.6 Å². The van der Waals surface area contributed by atoms with Crippen molar-refractivity contribution in [2.24, 2.45) is 94.7 Å². The van der Waals surface area contributed by atoms with Crippen LogP contribution in [0.25, 0.3) is 0 Å². The Balaban J connectivity index is 0.000000165. The van der Waals surface area contributed by atoms with Gasteiger partial charge in [0.2, 0.25) is 23.0 Å². The van der Waals surface area contributed by atoms with Gasteiger partial charge >= 0.3 is 74.0 Å². The van der Waals surface area contributed by atoms with Gasteiger partial charge in [-0.1, -0.05) is 48.6 Å². The zero-order valence-electron chi connectivity index (χ0n) is 49.8. The molecule has 0 radical (unpaired) electrons. The van der Waals surface area contributed by atoms with E-state index in [4.69, 9.17) is 39.4 Å². The minimum Gasteiger partial charge on any atom is -0.550 e. The van der Waals surface area contributed by atoms with Crippen LogP contribution in [0.3, 0.4) is 0 Å². The van der Waals surface area contributed by atoms with E-state index in [2.05, 4.69) is 18.9 Å². The molecule has 520 valence electrons. The molecule has 36 nitrogen and oxygen atoms in total. The fourth-order valence-electron chi connectivity index (χ4n) is 14.2. The third-order valence-corrected chi connectivity index (χ3v) is 18.8. The number of carbonyl (C=O) groups is 12. The van der Waals surface area contributed by atoms with Crippen LogP contribution in [0.5, 0.6) is 0 Å². The molecule has 24 atom stereocenters. The van der Waals surface area contributed by atoms with Gasteiger partial charge in [0.1, 0.15) is 50.8 Å². The van der Waals surface area contributed by atoms with Crippen molar-refractivity contribution in [1.82, 2.24) is 0 Å². The molecule has 12 rings (SSSR count). The van der Waals surface area contributed by atoms with Crippen molar-refractivity contribution in [1.29, 1.82) is 0 Å². The third kappa shape index (κ3) is 14.6. The predicted octanol–water partition coefficient (Wildman–Crippen LogP) is -6.68. The van der Waals surface area contributed by atoms with Crippen molar-refractivity contribution in [3.05, 3.63) is 94.7 Å². The summed E-state index contributed by atoms with van der Waals surface area (Å²) < 4.78 is 37.9. The van der Waals surface area contributed by atoms with Gasteiger partial charge in [0, 0.05) is 47.5 Å². The molecular formula is C60H60O36Zr. The summed E-state index contributed by atoms with van der Waals surface area (Å²) in [6.45, 7) is -2.53. The molecule has 4 aliphatic heterocycles. The Hall–Kier alpha value is -9.32. The van der Waals surface area contributed by atoms with Gasteiger partial charge in [-0.2, -0.15) is 0 Å². The first-order valence-electron chi connectivity index (χ1n) is 29.5. The zero-order chi connectivity index (χ0) is 70.4. The van der Waals surface area contributed by atoms with Gasteiger partial charge < -0.3 is 139 Å². The number of carboxylic acid groups (broad SMARTS) is 4. The van der Waals surface area contributed by atoms with E-state index in [0.717, 1.165) is 0 Å². The van der Waals surface area contributed by atoms with Gasteiger partial charge in [-0.05, 0) is 73.0 Å². The van der Waals surface area contributed by atoms with E-state index in [9.17, 15) is 119 Å². The number of aliphatic carboxylic acids is 4. The van der Waals surface area contributed by atoms with Crippen LogP contribution in [-0.2, 0) is 122 Å². The standard InChI is InChI=1S/4C15H16O9.Zr/c4*16-7(12-10(17)11(18)15(22)24-12)4-23-14(21)9-6-2-1-5(3-6)8(9)13(19)20;/h4*1-2,5-9,12,16-18H,3-4H2,(H,19,20);/q;;;;+4/p-4/t4*5?,6?,7-,8?,9?,12+;/m0000./s1. The van der Waals surface area contributed by atoms with Gasteiger partial charge in [0.25, 0.3) is 0 Å². The average Bonchev–Trinajstić information content (AvgIpc) is 1.64. The molecule has 0 saturated heterocycles. The number of rotatable bonds is 20. The van der Waals surface area contributed by atoms with Crippen LogP contribution in [0.15, 0.2) is 94.7 Å². The van der Waals surface area contributed by atoms with Crippen molar-refractivity contribution in [2.75, 3.05) is 26.4 Å². The van der Waals surface area contributed by atoms with Crippen LogP contribution in [0.2, 0.25) is 0 Å². The average molecular weight is 1450 g/mol. The largest absolute Gasteiger partial charge is 4.00 e. The van der Waals surface area contributed by atoms with Crippen LogP contribution < -0.4 is 20.4 Å². The minimum atomic E-state index is -1.60. The molecule has 4 heterocycles. The van der Waals surface area contributed by atoms with Crippen molar-refractivity contribution in [3.63, 3.8) is 0 Å². The van der Waals surface area contributed by atoms with Crippen LogP contribution in [0, 0.1) is 94.7 Å². The van der Waals surface area contributed by atoms with Crippen LogP contribution in [-0.4, -0.2) is 208 Å². The molecule has 97 heavy (non-hydrogen) atoms. The van der Waals surface area contributed by atoms with Crippen molar-refractivity contribution in [2.45, 2.75) is 74.5 Å². The fraction of sp³-hybridized carbons (Fsp3) is 0.533. The predicted molar refractivity (Wildman–Crippen MR) is 287 cm³/mol. The number of fused-ring (bicyclic) bond motifs is 8. The first-order valence-corrected chi connectivity index (χ1v) is 29.5. The van der Waals surface area contributed by atoms with Crippen molar-refractivity contribution < 1.29 is 203 Å². The van der Waals surface area contributed by atoms with Gasteiger partial charge in [0.15, 0.2) is 47.5 Å². The third-order valence-electron chi connectivity index (χ3n) is 18.8. The Morgan fingerprint density at radius 2 is 0.485 bits per heavy atom. The van der Waals surface area contributed by atoms with Crippen molar-refractivity contribution in [3.8, 4) is 0 Å². The number of ether oxygens (including phenoxy) is 8. The van der Waals surface area contributed by atoms with Crippen LogP contribution in [0.4, 0.5) is 0 Å². The molecule has 8 bridgehead atoms. The van der Waals surface area contributed by atoms with Gasteiger partial charge in [-0.3, -0.25) is 19.2 Å². The number of allylic oxidation sites excluding steroid dienone is 8. The fourth-order valence-corrected chi connectivity index (χ4v) is 14.2. The maximum Gasteiger partial charge on any atom is 4.00 e. The van der Waals surface area contributed by atoms with E-state index in [1.54, 1.807) is 48.6 Å². The molecule has 0 aromatic rings. The molecule has 16 unspecified atom stereocenters. The number of esters is 8. The monoisotopic (exact) mass is 1450 g/mol. The molecule has 4 fully saturated rings. The number of hydrogen-bond acceptors (Lipinski definition) is 36. The minimum absolute atomic E-state index is 0. The summed E-state index contributed by atoms with van der Waals surface area (Å²) in [5, 5.41) is 159. The summed E-state index contributed by atoms with van der Waals surface area (Å²) in [7, 11) is 0. The number of hydrogen-bond donors (Lipinski definition) is 12. The van der Waals surface area contributed by atoms with E-state index in [-0.39, 0.29) is 73.5 Å². The van der Waals surface area contributed by atoms with E-state index < -0.39 is 240 Å². The van der Waals surface area contributed by atoms with Gasteiger partial charge in [-0.15, -0.1) is 0 Å². The van der Waals surface area contributed by atoms with E-state index in [1.165, 1.54) is 0 Å². The number of aliphatic hydroxyl groups excluding tert-OH is 12. The summed E-state index contributed by atoms with van der Waals surface area (Å²) in [6.07, 6.45) is 3.57. The molecule has 37 heteroatoms. The van der Waals surface area contributed by atoms with E-state index >= 15 is 0 Å². The zero-order valence-corrected chi connectivity index (χ0v) is 52.3. The van der Waals surface area contributed by atoms with Gasteiger partial charge in [-0.25, -0.2) is 19.2 Å². The molecule has 0 aromatic heterocycles. The second-order valence-corrected chi connectivity index (χ2v) is 24.3. The molecule has 0 amide bonds. The summed E-state index contributed by atoms with van der Waals surface area (Å²) in [6, 6.07) is 0. The normalized spacial score (nSPS) is 34.8. The molecule has 8 aliphatic carbocycles. The van der Waals surface area contributed by atoms with Crippen LogP contribution in [0.1, 0.15) is 25.7 Å². The Morgan fingerprint density at radius 1 is 0.330 bits per heavy atom. The van der Waals surface area contributed by atoms with E-state index in [0.29, 0.717) is 25.7 Å². The molecular weight excluding hydrogens is 1390 g/mol. The molecule has 4 saturated carbocycles. The number of carbonyl (C=O) groups excluding carboxylic acids is 12. The Kier molecular flexibility index (Phi) is 22.4.